The predicted octanol–water partition coefficient (Wildman–Crippen LogP) is 3.83. The highest BCUT2D eigenvalue weighted by Gasteiger charge is 2.15. The minimum absolute atomic E-state index is 0.110. The van der Waals surface area contributed by atoms with Gasteiger partial charge in [0.05, 0.1) is 4.90 Å². The summed E-state index contributed by atoms with van der Waals surface area (Å²) in [5.74, 6) is 0. The third kappa shape index (κ3) is 3.48. The van der Waals surface area contributed by atoms with Crippen LogP contribution in [-0.2, 0) is 16.5 Å². The van der Waals surface area contributed by atoms with Crippen molar-refractivity contribution < 1.29 is 13.0 Å². The van der Waals surface area contributed by atoms with E-state index < -0.39 is 10.1 Å². The van der Waals surface area contributed by atoms with Crippen molar-refractivity contribution in [1.82, 2.24) is 0 Å². The summed E-state index contributed by atoms with van der Waals surface area (Å²) in [7, 11) is -4.24. The summed E-state index contributed by atoms with van der Waals surface area (Å²) >= 11 is 11.9. The highest BCUT2D eigenvalue weighted by atomic mass is 35.5. The second-order valence-electron chi connectivity index (χ2n) is 4.00. The van der Waals surface area contributed by atoms with Gasteiger partial charge >= 0.3 is 0 Å². The van der Waals surface area contributed by atoms with Gasteiger partial charge in [-0.05, 0) is 29.3 Å². The zero-order valence-electron chi connectivity index (χ0n) is 9.68. The van der Waals surface area contributed by atoms with E-state index in [1.165, 1.54) is 6.07 Å². The van der Waals surface area contributed by atoms with Crippen molar-refractivity contribution in [1.29, 1.82) is 0 Å². The van der Waals surface area contributed by atoms with Crippen molar-refractivity contribution in [3.8, 4) is 0 Å². The molecule has 0 atom stereocenters. The van der Waals surface area contributed by atoms with E-state index in [0.29, 0.717) is 22.0 Å². The Hall–Kier alpha value is -1.07. The first-order valence-electron chi connectivity index (χ1n) is 5.37. The van der Waals surface area contributed by atoms with E-state index in [-0.39, 0.29) is 4.90 Å². The van der Waals surface area contributed by atoms with Crippen molar-refractivity contribution in [3.05, 3.63) is 63.6 Å². The summed E-state index contributed by atoms with van der Waals surface area (Å²) in [5.41, 5.74) is 1.22. The van der Waals surface area contributed by atoms with Gasteiger partial charge in [0.15, 0.2) is 0 Å². The van der Waals surface area contributed by atoms with E-state index in [1.807, 2.05) is 0 Å². The van der Waals surface area contributed by atoms with Gasteiger partial charge in [0.25, 0.3) is 10.1 Å². The highest BCUT2D eigenvalue weighted by Crippen LogP contribution is 2.25. The lowest BCUT2D eigenvalue weighted by molar-refractivity contribution is 0.482. The molecule has 2 rings (SSSR count). The average molecular weight is 317 g/mol. The molecule has 0 fully saturated rings. The number of hydrogen-bond donors (Lipinski definition) is 1. The van der Waals surface area contributed by atoms with Crippen LogP contribution < -0.4 is 0 Å². The maximum atomic E-state index is 11.3. The molecule has 19 heavy (non-hydrogen) atoms. The Labute approximate surface area is 121 Å². The average Bonchev–Trinajstić information content (AvgIpc) is 2.32. The zero-order chi connectivity index (χ0) is 14.0. The van der Waals surface area contributed by atoms with E-state index >= 15 is 0 Å². The number of benzene rings is 2. The van der Waals surface area contributed by atoms with Crippen molar-refractivity contribution in [2.45, 2.75) is 11.3 Å². The molecule has 0 unspecified atom stereocenters. The topological polar surface area (TPSA) is 54.4 Å². The lowest BCUT2D eigenvalue weighted by Crippen LogP contribution is -2.03. The van der Waals surface area contributed by atoms with Gasteiger partial charge in [-0.2, -0.15) is 8.42 Å². The van der Waals surface area contributed by atoms with E-state index in [9.17, 15) is 13.0 Å². The summed E-state index contributed by atoms with van der Waals surface area (Å²) in [6, 6.07) is 11.2. The molecule has 0 bridgehead atoms. The van der Waals surface area contributed by atoms with Crippen molar-refractivity contribution in [2.75, 3.05) is 0 Å². The predicted molar refractivity (Wildman–Crippen MR) is 75.5 cm³/mol. The molecule has 0 aliphatic heterocycles. The van der Waals surface area contributed by atoms with Gasteiger partial charge in [-0.3, -0.25) is 4.55 Å². The van der Waals surface area contributed by atoms with Gasteiger partial charge in [-0.15, -0.1) is 0 Å². The number of halogens is 2. The van der Waals surface area contributed by atoms with Crippen molar-refractivity contribution in [2.24, 2.45) is 0 Å². The molecule has 0 amide bonds. The van der Waals surface area contributed by atoms with E-state index in [2.05, 4.69) is 0 Å². The third-order valence-corrected chi connectivity index (χ3v) is 4.19. The highest BCUT2D eigenvalue weighted by molar-refractivity contribution is 7.85. The Bertz CT molecular complexity index is 712. The SMILES string of the molecule is O=S(=O)(O)c1ccccc1Cc1ccc(Cl)cc1Cl. The van der Waals surface area contributed by atoms with Crippen LogP contribution in [-0.4, -0.2) is 13.0 Å². The second-order valence-corrected chi connectivity index (χ2v) is 6.23. The van der Waals surface area contributed by atoms with Gasteiger partial charge in [-0.25, -0.2) is 0 Å². The van der Waals surface area contributed by atoms with Crippen LogP contribution in [0.4, 0.5) is 0 Å². The fourth-order valence-electron chi connectivity index (χ4n) is 1.77. The third-order valence-electron chi connectivity index (χ3n) is 2.65. The van der Waals surface area contributed by atoms with E-state index in [4.69, 9.17) is 23.2 Å². The number of rotatable bonds is 3. The first kappa shape index (κ1) is 14.3. The molecule has 2 aromatic carbocycles. The van der Waals surface area contributed by atoms with E-state index in [1.54, 1.807) is 36.4 Å². The maximum absolute atomic E-state index is 11.3. The molecule has 0 spiro atoms. The van der Waals surface area contributed by atoms with Gasteiger partial charge in [-0.1, -0.05) is 47.5 Å². The first-order chi connectivity index (χ1) is 8.88. The van der Waals surface area contributed by atoms with Gasteiger partial charge in [0.1, 0.15) is 0 Å². The van der Waals surface area contributed by atoms with Crippen LogP contribution in [0.3, 0.4) is 0 Å². The normalized spacial score (nSPS) is 11.5. The Morgan fingerprint density at radius 1 is 1.00 bits per heavy atom. The molecule has 6 heteroatoms. The largest absolute Gasteiger partial charge is 0.294 e. The van der Waals surface area contributed by atoms with Gasteiger partial charge in [0.2, 0.25) is 0 Å². The molecule has 0 saturated carbocycles. The smallest absolute Gasteiger partial charge is 0.282 e. The summed E-state index contributed by atoms with van der Waals surface area (Å²) in [4.78, 5) is -0.110. The van der Waals surface area contributed by atoms with Crippen LogP contribution in [0.15, 0.2) is 47.4 Å². The molecular formula is C13H10Cl2O3S. The maximum Gasteiger partial charge on any atom is 0.294 e. The summed E-state index contributed by atoms with van der Waals surface area (Å²) < 4.78 is 31.7. The Morgan fingerprint density at radius 2 is 1.68 bits per heavy atom. The molecule has 0 heterocycles. The lowest BCUT2D eigenvalue weighted by Gasteiger charge is -2.08. The monoisotopic (exact) mass is 316 g/mol. The fourth-order valence-corrected chi connectivity index (χ4v) is 2.97. The molecule has 0 aliphatic carbocycles. The van der Waals surface area contributed by atoms with Crippen LogP contribution in [0.5, 0.6) is 0 Å². The Kier molecular flexibility index (Phi) is 4.16. The minimum Gasteiger partial charge on any atom is -0.282 e. The lowest BCUT2D eigenvalue weighted by atomic mass is 10.1. The molecule has 1 N–H and O–H groups in total. The first-order valence-corrected chi connectivity index (χ1v) is 7.57. The quantitative estimate of drug-likeness (QED) is 0.875. The number of hydrogen-bond acceptors (Lipinski definition) is 2. The van der Waals surface area contributed by atoms with E-state index in [0.717, 1.165) is 5.56 Å². The van der Waals surface area contributed by atoms with Crippen LogP contribution in [0, 0.1) is 0 Å². The van der Waals surface area contributed by atoms with Crippen molar-refractivity contribution in [3.63, 3.8) is 0 Å². The molecule has 0 aliphatic rings. The fraction of sp³-hybridized carbons (Fsp3) is 0.0769. The van der Waals surface area contributed by atoms with Crippen LogP contribution in [0.2, 0.25) is 10.0 Å². The van der Waals surface area contributed by atoms with Crippen LogP contribution >= 0.6 is 23.2 Å². The summed E-state index contributed by atoms with van der Waals surface area (Å²) in [5, 5.41) is 0.967. The molecule has 0 aromatic heterocycles. The molecule has 3 nitrogen and oxygen atoms in total. The second kappa shape index (κ2) is 5.51. The summed E-state index contributed by atoms with van der Waals surface area (Å²) in [6.45, 7) is 0. The zero-order valence-corrected chi connectivity index (χ0v) is 12.0. The van der Waals surface area contributed by atoms with Crippen molar-refractivity contribution >= 4 is 33.3 Å². The van der Waals surface area contributed by atoms with Gasteiger partial charge in [0, 0.05) is 16.5 Å². The minimum atomic E-state index is -4.24. The van der Waals surface area contributed by atoms with Crippen LogP contribution in [0.25, 0.3) is 0 Å². The van der Waals surface area contributed by atoms with Gasteiger partial charge < -0.3 is 0 Å². The molecule has 100 valence electrons. The molecule has 0 saturated heterocycles. The molecule has 0 radical (unpaired) electrons. The molecule has 2 aromatic rings. The standard InChI is InChI=1S/C13H10Cl2O3S/c14-11-6-5-9(12(15)8-11)7-10-3-1-2-4-13(10)19(16,17)18/h1-6,8H,7H2,(H,16,17,18). The van der Waals surface area contributed by atoms with Crippen LogP contribution in [0.1, 0.15) is 11.1 Å². The Balaban J connectivity index is 2.44. The summed E-state index contributed by atoms with van der Waals surface area (Å²) in [6.07, 6.45) is 0.298. The molecular weight excluding hydrogens is 307 g/mol. The Morgan fingerprint density at radius 3 is 2.32 bits per heavy atom.